The molecule has 124 valence electrons. The number of piperidine rings is 1. The summed E-state index contributed by atoms with van der Waals surface area (Å²) < 4.78 is 0. The number of aryl methyl sites for hydroxylation is 1. The van der Waals surface area contributed by atoms with Gasteiger partial charge in [0.25, 0.3) is 0 Å². The molecule has 0 aliphatic carbocycles. The van der Waals surface area contributed by atoms with Gasteiger partial charge in [0.15, 0.2) is 0 Å². The zero-order valence-electron chi connectivity index (χ0n) is 14.1. The molecular weight excluding hydrogens is 288 g/mol. The van der Waals surface area contributed by atoms with Gasteiger partial charge in [0, 0.05) is 36.8 Å². The molecule has 0 bridgehead atoms. The molecule has 0 atom stereocenters. The van der Waals surface area contributed by atoms with Gasteiger partial charge in [-0.2, -0.15) is 0 Å². The Morgan fingerprint density at radius 2 is 2.09 bits per heavy atom. The number of hydrogen-bond acceptors (Lipinski definition) is 2. The molecule has 1 aromatic heterocycles. The molecule has 4 nitrogen and oxygen atoms in total. The lowest BCUT2D eigenvalue weighted by molar-refractivity contribution is -0.133. The van der Waals surface area contributed by atoms with E-state index in [9.17, 15) is 9.90 Å². The molecule has 3 rings (SSSR count). The quantitative estimate of drug-likeness (QED) is 0.911. The van der Waals surface area contributed by atoms with Crippen LogP contribution >= 0.6 is 0 Å². The number of amides is 1. The van der Waals surface area contributed by atoms with Crippen molar-refractivity contribution >= 4 is 16.8 Å². The van der Waals surface area contributed by atoms with Gasteiger partial charge in [-0.15, -0.1) is 0 Å². The van der Waals surface area contributed by atoms with E-state index in [4.69, 9.17) is 0 Å². The van der Waals surface area contributed by atoms with Gasteiger partial charge in [0.05, 0.1) is 6.42 Å². The van der Waals surface area contributed by atoms with Crippen molar-refractivity contribution in [1.82, 2.24) is 9.88 Å². The summed E-state index contributed by atoms with van der Waals surface area (Å²) in [5.41, 5.74) is 3.40. The van der Waals surface area contributed by atoms with Gasteiger partial charge in [-0.1, -0.05) is 19.1 Å². The van der Waals surface area contributed by atoms with Gasteiger partial charge < -0.3 is 15.0 Å². The van der Waals surface area contributed by atoms with Crippen molar-refractivity contribution in [2.24, 2.45) is 5.41 Å². The number of aromatic nitrogens is 1. The molecule has 2 N–H and O–H groups in total. The van der Waals surface area contributed by atoms with E-state index in [-0.39, 0.29) is 17.9 Å². The van der Waals surface area contributed by atoms with E-state index in [1.54, 1.807) is 0 Å². The Bertz CT molecular complexity index is 690. The number of fused-ring (bicyclic) bond motifs is 1. The summed E-state index contributed by atoms with van der Waals surface area (Å²) in [4.78, 5) is 17.8. The number of H-pyrrole nitrogens is 1. The van der Waals surface area contributed by atoms with E-state index in [0.29, 0.717) is 6.42 Å². The van der Waals surface area contributed by atoms with Gasteiger partial charge in [0.1, 0.15) is 0 Å². The van der Waals surface area contributed by atoms with Crippen LogP contribution in [0.5, 0.6) is 0 Å². The molecule has 1 aliphatic heterocycles. The molecule has 2 aromatic rings. The second-order valence-corrected chi connectivity index (χ2v) is 6.93. The van der Waals surface area contributed by atoms with Gasteiger partial charge in [-0.05, 0) is 48.8 Å². The fourth-order valence-electron chi connectivity index (χ4n) is 3.58. The molecule has 0 saturated carbocycles. The zero-order valence-corrected chi connectivity index (χ0v) is 14.1. The third-order valence-electron chi connectivity index (χ3n) is 5.53. The first-order chi connectivity index (χ1) is 11.1. The topological polar surface area (TPSA) is 56.3 Å². The number of nitrogens with one attached hydrogen (secondary N) is 1. The van der Waals surface area contributed by atoms with Crippen molar-refractivity contribution in [2.75, 3.05) is 19.7 Å². The Kier molecular flexibility index (Phi) is 4.44. The molecule has 1 aliphatic rings. The predicted molar refractivity (Wildman–Crippen MR) is 92.4 cm³/mol. The predicted octanol–water partition coefficient (Wildman–Crippen LogP) is 3.03. The van der Waals surface area contributed by atoms with Crippen LogP contribution in [0.2, 0.25) is 0 Å². The number of carbonyl (C=O) groups excluding carboxylic acids is 1. The van der Waals surface area contributed by atoms with Crippen molar-refractivity contribution in [2.45, 2.75) is 39.5 Å². The maximum absolute atomic E-state index is 12.6. The highest BCUT2D eigenvalue weighted by atomic mass is 16.3. The Balaban J connectivity index is 1.67. The van der Waals surface area contributed by atoms with Gasteiger partial charge in [-0.25, -0.2) is 0 Å². The summed E-state index contributed by atoms with van der Waals surface area (Å²) in [5.74, 6) is 0.189. The number of aromatic amines is 1. The third kappa shape index (κ3) is 3.13. The van der Waals surface area contributed by atoms with Crippen molar-refractivity contribution < 1.29 is 9.90 Å². The normalized spacial score (nSPS) is 17.6. The van der Waals surface area contributed by atoms with Crippen LogP contribution in [-0.2, 0) is 11.2 Å². The van der Waals surface area contributed by atoms with E-state index in [0.717, 1.165) is 48.8 Å². The summed E-state index contributed by atoms with van der Waals surface area (Å²) >= 11 is 0. The maximum atomic E-state index is 12.6. The minimum absolute atomic E-state index is 0.0229. The van der Waals surface area contributed by atoms with Gasteiger partial charge in [0.2, 0.25) is 5.91 Å². The van der Waals surface area contributed by atoms with E-state index < -0.39 is 0 Å². The van der Waals surface area contributed by atoms with E-state index in [1.165, 1.54) is 5.56 Å². The maximum Gasteiger partial charge on any atom is 0.227 e. The molecule has 0 spiro atoms. The van der Waals surface area contributed by atoms with Crippen LogP contribution in [0.3, 0.4) is 0 Å². The van der Waals surface area contributed by atoms with Crippen LogP contribution in [0, 0.1) is 12.3 Å². The van der Waals surface area contributed by atoms with E-state index >= 15 is 0 Å². The number of nitrogens with zero attached hydrogens (tertiary/aromatic N) is 1. The lowest BCUT2D eigenvalue weighted by Gasteiger charge is -2.40. The fourth-order valence-corrected chi connectivity index (χ4v) is 3.58. The highest BCUT2D eigenvalue weighted by Crippen LogP contribution is 2.34. The number of aliphatic hydroxyl groups is 1. The molecule has 4 heteroatoms. The zero-order chi connectivity index (χ0) is 16.4. The van der Waals surface area contributed by atoms with Gasteiger partial charge in [-0.3, -0.25) is 4.79 Å². The first kappa shape index (κ1) is 16.1. The van der Waals surface area contributed by atoms with Crippen LogP contribution in [-0.4, -0.2) is 40.6 Å². The Labute approximate surface area is 137 Å². The van der Waals surface area contributed by atoms with Crippen LogP contribution in [0.25, 0.3) is 10.9 Å². The van der Waals surface area contributed by atoms with Crippen LogP contribution in [0.4, 0.5) is 0 Å². The molecule has 1 fully saturated rings. The smallest absolute Gasteiger partial charge is 0.227 e. The summed E-state index contributed by atoms with van der Waals surface area (Å²) in [6.45, 7) is 5.94. The van der Waals surface area contributed by atoms with Crippen LogP contribution < -0.4 is 0 Å². The summed E-state index contributed by atoms with van der Waals surface area (Å²) in [6, 6.07) is 6.29. The highest BCUT2D eigenvalue weighted by molar-refractivity contribution is 5.89. The standard InChI is InChI=1S/C19H26N2O2/c1-3-19(13-22)6-8-21(9-7-19)18(23)11-15-12-20-17-10-14(2)4-5-16(15)17/h4-5,10,12,20,22H,3,6-9,11,13H2,1-2H3. The lowest BCUT2D eigenvalue weighted by Crippen LogP contribution is -2.44. The fraction of sp³-hybridized carbons (Fsp3) is 0.526. The molecule has 2 heterocycles. The average Bonchev–Trinajstić information content (AvgIpc) is 2.96. The van der Waals surface area contributed by atoms with E-state index in [2.05, 4.69) is 37.0 Å². The number of aliphatic hydroxyl groups excluding tert-OH is 1. The van der Waals surface area contributed by atoms with Crippen molar-refractivity contribution in [3.8, 4) is 0 Å². The first-order valence-corrected chi connectivity index (χ1v) is 8.52. The average molecular weight is 314 g/mol. The first-order valence-electron chi connectivity index (χ1n) is 8.52. The van der Waals surface area contributed by atoms with Crippen molar-refractivity contribution in [3.63, 3.8) is 0 Å². The monoisotopic (exact) mass is 314 g/mol. The molecule has 1 saturated heterocycles. The summed E-state index contributed by atoms with van der Waals surface area (Å²) in [7, 11) is 0. The largest absolute Gasteiger partial charge is 0.396 e. The molecule has 23 heavy (non-hydrogen) atoms. The SMILES string of the molecule is CCC1(CO)CCN(C(=O)Cc2c[nH]c3cc(C)ccc23)CC1. The van der Waals surface area contributed by atoms with Crippen molar-refractivity contribution in [1.29, 1.82) is 0 Å². The highest BCUT2D eigenvalue weighted by Gasteiger charge is 2.33. The molecule has 1 aromatic carbocycles. The summed E-state index contributed by atoms with van der Waals surface area (Å²) in [5, 5.41) is 10.7. The summed E-state index contributed by atoms with van der Waals surface area (Å²) in [6.07, 6.45) is 5.18. The third-order valence-corrected chi connectivity index (χ3v) is 5.53. The van der Waals surface area contributed by atoms with Crippen molar-refractivity contribution in [3.05, 3.63) is 35.5 Å². The van der Waals surface area contributed by atoms with Gasteiger partial charge >= 0.3 is 0 Å². The van der Waals surface area contributed by atoms with E-state index in [1.807, 2.05) is 11.1 Å². The Morgan fingerprint density at radius 1 is 1.35 bits per heavy atom. The minimum atomic E-state index is 0.0229. The number of hydrogen-bond donors (Lipinski definition) is 2. The number of likely N-dealkylation sites (tertiary alicyclic amines) is 1. The molecule has 1 amide bonds. The second kappa shape index (κ2) is 6.36. The number of carbonyl (C=O) groups is 1. The molecule has 0 radical (unpaired) electrons. The Hall–Kier alpha value is -1.81. The second-order valence-electron chi connectivity index (χ2n) is 6.93. The van der Waals surface area contributed by atoms with Crippen LogP contribution in [0.1, 0.15) is 37.3 Å². The van der Waals surface area contributed by atoms with Crippen LogP contribution in [0.15, 0.2) is 24.4 Å². The number of benzene rings is 1. The minimum Gasteiger partial charge on any atom is -0.396 e. The molecular formula is C19H26N2O2. The Morgan fingerprint density at radius 3 is 2.74 bits per heavy atom. The molecule has 0 unspecified atom stereocenters. The lowest BCUT2D eigenvalue weighted by atomic mass is 9.77. The number of rotatable bonds is 4.